The van der Waals surface area contributed by atoms with Gasteiger partial charge in [-0.3, -0.25) is 0 Å². The van der Waals surface area contributed by atoms with Crippen LogP contribution in [0.1, 0.15) is 19.3 Å². The van der Waals surface area contributed by atoms with Crippen LogP contribution in [0.5, 0.6) is 0 Å². The summed E-state index contributed by atoms with van der Waals surface area (Å²) >= 11 is 0. The van der Waals surface area contributed by atoms with Gasteiger partial charge < -0.3 is 10.2 Å². The molecule has 6 nitrogen and oxygen atoms in total. The summed E-state index contributed by atoms with van der Waals surface area (Å²) in [5.74, 6) is 0.708. The Morgan fingerprint density at radius 1 is 1.22 bits per heavy atom. The molecule has 23 heavy (non-hydrogen) atoms. The zero-order chi connectivity index (χ0) is 16.6. The second-order valence-electron chi connectivity index (χ2n) is 6.39. The Balaban J connectivity index is 2.00. The Bertz CT molecular complexity index is 820. The fraction of sp³-hybridized carbons (Fsp3) is 0.500. The van der Waals surface area contributed by atoms with Crippen molar-refractivity contribution in [1.29, 1.82) is 0 Å². The molecule has 0 spiro atoms. The number of fused-ring (bicyclic) bond motifs is 1. The van der Waals surface area contributed by atoms with Crippen molar-refractivity contribution in [2.75, 3.05) is 25.7 Å². The molecule has 0 unspecified atom stereocenters. The third kappa shape index (κ3) is 3.30. The summed E-state index contributed by atoms with van der Waals surface area (Å²) in [4.78, 5) is 11.1. The van der Waals surface area contributed by atoms with Gasteiger partial charge in [-0.2, -0.15) is 0 Å². The summed E-state index contributed by atoms with van der Waals surface area (Å²) in [5, 5.41) is 4.26. The van der Waals surface area contributed by atoms with Crippen LogP contribution in [0.3, 0.4) is 0 Å². The molecular formula is C16H22N4O2S. The zero-order valence-electron chi connectivity index (χ0n) is 13.7. The first kappa shape index (κ1) is 16.1. The Labute approximate surface area is 136 Å². The van der Waals surface area contributed by atoms with Crippen molar-refractivity contribution in [3.8, 4) is 0 Å². The summed E-state index contributed by atoms with van der Waals surface area (Å²) in [6.45, 7) is 0. The largest absolute Gasteiger partial charge is 0.365 e. The number of anilines is 1. The van der Waals surface area contributed by atoms with Crippen LogP contribution < -0.4 is 5.32 Å². The van der Waals surface area contributed by atoms with E-state index in [0.717, 1.165) is 23.7 Å². The van der Waals surface area contributed by atoms with Crippen LogP contribution in [0.15, 0.2) is 29.4 Å². The molecule has 0 aliphatic heterocycles. The summed E-state index contributed by atoms with van der Waals surface area (Å²) in [6.07, 6.45) is 6.15. The van der Waals surface area contributed by atoms with Gasteiger partial charge in [0.25, 0.3) is 0 Å². The second kappa shape index (κ2) is 6.05. The molecule has 1 aliphatic rings. The first-order valence-electron chi connectivity index (χ1n) is 7.74. The monoisotopic (exact) mass is 334 g/mol. The van der Waals surface area contributed by atoms with E-state index in [1.54, 1.807) is 18.2 Å². The molecule has 1 fully saturated rings. The van der Waals surface area contributed by atoms with Crippen LogP contribution in [0.2, 0.25) is 0 Å². The van der Waals surface area contributed by atoms with Gasteiger partial charge in [0.1, 0.15) is 12.1 Å². The molecular weight excluding hydrogens is 312 g/mol. The molecule has 2 atom stereocenters. The lowest BCUT2D eigenvalue weighted by atomic mass is 10.1. The molecule has 3 rings (SSSR count). The fourth-order valence-electron chi connectivity index (χ4n) is 3.28. The number of sulfone groups is 1. The molecule has 1 aromatic heterocycles. The molecule has 0 bridgehead atoms. The van der Waals surface area contributed by atoms with E-state index in [9.17, 15) is 8.42 Å². The van der Waals surface area contributed by atoms with Crippen LogP contribution in [0.4, 0.5) is 5.82 Å². The summed E-state index contributed by atoms with van der Waals surface area (Å²) in [5.41, 5.74) is 0.745. The maximum Gasteiger partial charge on any atom is 0.175 e. The quantitative estimate of drug-likeness (QED) is 0.921. The first-order chi connectivity index (χ1) is 10.9. The van der Waals surface area contributed by atoms with Gasteiger partial charge in [-0.25, -0.2) is 18.4 Å². The van der Waals surface area contributed by atoms with E-state index in [4.69, 9.17) is 0 Å². The van der Waals surface area contributed by atoms with Gasteiger partial charge in [0, 0.05) is 23.7 Å². The number of rotatable bonds is 4. The molecule has 1 N–H and O–H groups in total. The highest BCUT2D eigenvalue weighted by Crippen LogP contribution is 2.29. The third-order valence-electron chi connectivity index (χ3n) is 4.50. The van der Waals surface area contributed by atoms with Crippen molar-refractivity contribution >= 4 is 26.6 Å². The number of likely N-dealkylation sites (N-methyl/N-ethyl adjacent to an activating group) is 1. The molecule has 124 valence electrons. The lowest BCUT2D eigenvalue weighted by molar-refractivity contribution is 0.285. The molecule has 1 aliphatic carbocycles. The smallest absolute Gasteiger partial charge is 0.175 e. The van der Waals surface area contributed by atoms with Gasteiger partial charge in [-0.1, -0.05) is 0 Å². The molecule has 1 saturated carbocycles. The fourth-order valence-corrected chi connectivity index (χ4v) is 3.93. The maximum atomic E-state index is 11.8. The molecule has 0 amide bonds. The van der Waals surface area contributed by atoms with Crippen molar-refractivity contribution in [1.82, 2.24) is 14.9 Å². The summed E-state index contributed by atoms with van der Waals surface area (Å²) < 4.78 is 23.6. The summed E-state index contributed by atoms with van der Waals surface area (Å²) in [7, 11) is 0.922. The number of hydrogen-bond donors (Lipinski definition) is 1. The highest BCUT2D eigenvalue weighted by atomic mass is 32.2. The minimum atomic E-state index is -3.25. The van der Waals surface area contributed by atoms with Crippen LogP contribution in [0.25, 0.3) is 10.9 Å². The lowest BCUT2D eigenvalue weighted by Gasteiger charge is -2.27. The Morgan fingerprint density at radius 3 is 2.70 bits per heavy atom. The average molecular weight is 334 g/mol. The molecule has 0 radical (unpaired) electrons. The maximum absolute atomic E-state index is 11.8. The molecule has 0 saturated heterocycles. The minimum Gasteiger partial charge on any atom is -0.365 e. The van der Waals surface area contributed by atoms with Gasteiger partial charge in [0.2, 0.25) is 0 Å². The predicted molar refractivity (Wildman–Crippen MR) is 91.4 cm³/mol. The van der Waals surface area contributed by atoms with E-state index in [0.29, 0.717) is 22.8 Å². The topological polar surface area (TPSA) is 75.2 Å². The van der Waals surface area contributed by atoms with E-state index < -0.39 is 9.84 Å². The Kier molecular flexibility index (Phi) is 4.25. The average Bonchev–Trinajstić information content (AvgIpc) is 2.94. The van der Waals surface area contributed by atoms with Crippen molar-refractivity contribution in [3.05, 3.63) is 24.5 Å². The zero-order valence-corrected chi connectivity index (χ0v) is 14.5. The number of nitrogens with zero attached hydrogens (tertiary/aromatic N) is 3. The number of benzene rings is 1. The van der Waals surface area contributed by atoms with Gasteiger partial charge in [0.15, 0.2) is 9.84 Å². The van der Waals surface area contributed by atoms with E-state index in [2.05, 4.69) is 34.3 Å². The van der Waals surface area contributed by atoms with Crippen LogP contribution >= 0.6 is 0 Å². The van der Waals surface area contributed by atoms with Gasteiger partial charge in [-0.05, 0) is 51.6 Å². The number of hydrogen-bond acceptors (Lipinski definition) is 6. The Hall–Kier alpha value is -1.73. The van der Waals surface area contributed by atoms with Gasteiger partial charge >= 0.3 is 0 Å². The molecule has 1 aromatic carbocycles. The van der Waals surface area contributed by atoms with Gasteiger partial charge in [0.05, 0.1) is 10.4 Å². The van der Waals surface area contributed by atoms with Gasteiger partial charge in [-0.15, -0.1) is 0 Å². The molecule has 2 aromatic rings. The third-order valence-corrected chi connectivity index (χ3v) is 5.61. The van der Waals surface area contributed by atoms with Crippen molar-refractivity contribution in [2.45, 2.75) is 36.2 Å². The van der Waals surface area contributed by atoms with Crippen LogP contribution in [0, 0.1) is 0 Å². The van der Waals surface area contributed by atoms with Crippen LogP contribution in [-0.2, 0) is 9.84 Å². The highest BCUT2D eigenvalue weighted by Gasteiger charge is 2.29. The normalized spacial score (nSPS) is 21.9. The SMILES string of the molecule is CN(C)[C@@H]1CCC[C@H]1Nc1ncnc2ccc(S(C)(=O)=O)cc12. The van der Waals surface area contributed by atoms with Crippen molar-refractivity contribution < 1.29 is 8.42 Å². The Morgan fingerprint density at radius 2 is 2.00 bits per heavy atom. The molecule has 1 heterocycles. The van der Waals surface area contributed by atoms with E-state index in [-0.39, 0.29) is 0 Å². The number of nitrogens with one attached hydrogen (secondary N) is 1. The minimum absolute atomic E-state index is 0.290. The van der Waals surface area contributed by atoms with Crippen LogP contribution in [-0.4, -0.2) is 55.7 Å². The van der Waals surface area contributed by atoms with Crippen molar-refractivity contribution in [3.63, 3.8) is 0 Å². The highest BCUT2D eigenvalue weighted by molar-refractivity contribution is 7.90. The standard InChI is InChI=1S/C16H22N4O2S/c1-20(2)15-6-4-5-14(15)19-16-12-9-11(23(3,21)22)7-8-13(12)17-10-18-16/h7-10,14-15H,4-6H2,1-3H3,(H,17,18,19)/t14-,15-/m1/s1. The molecule has 7 heteroatoms. The van der Waals surface area contributed by atoms with E-state index >= 15 is 0 Å². The summed E-state index contributed by atoms with van der Waals surface area (Å²) in [6, 6.07) is 5.75. The van der Waals surface area contributed by atoms with E-state index in [1.807, 2.05) is 0 Å². The predicted octanol–water partition coefficient (Wildman–Crippen LogP) is 1.93. The second-order valence-corrected chi connectivity index (χ2v) is 8.40. The first-order valence-corrected chi connectivity index (χ1v) is 9.63. The number of aromatic nitrogens is 2. The van der Waals surface area contributed by atoms with Crippen molar-refractivity contribution in [2.24, 2.45) is 0 Å². The van der Waals surface area contributed by atoms with E-state index in [1.165, 1.54) is 19.0 Å². The lowest BCUT2D eigenvalue weighted by Crippen LogP contribution is -2.39.